The molecule has 2 rings (SSSR count). The molecule has 2 nitrogen and oxygen atoms in total. The number of halogens is 1. The van der Waals surface area contributed by atoms with Gasteiger partial charge in [-0.25, -0.2) is 4.39 Å². The summed E-state index contributed by atoms with van der Waals surface area (Å²) in [4.78, 5) is 6.96. The van der Waals surface area contributed by atoms with Crippen molar-refractivity contribution in [3.63, 3.8) is 0 Å². The molecule has 2 aromatic heterocycles. The van der Waals surface area contributed by atoms with E-state index in [0.717, 1.165) is 18.5 Å². The third kappa shape index (κ3) is 4.12. The molecule has 20 heavy (non-hydrogen) atoms. The number of nitrogens with one attached hydrogen (secondary N) is 1. The lowest BCUT2D eigenvalue weighted by atomic mass is 10.1. The number of aromatic nitrogens is 1. The van der Waals surface area contributed by atoms with Crippen molar-refractivity contribution in [1.82, 2.24) is 10.3 Å². The molecule has 0 aliphatic carbocycles. The molecule has 1 atom stereocenters. The zero-order chi connectivity index (χ0) is 14.5. The highest BCUT2D eigenvalue weighted by atomic mass is 32.1. The molecule has 4 heteroatoms. The van der Waals surface area contributed by atoms with Crippen LogP contribution >= 0.6 is 11.3 Å². The maximum absolute atomic E-state index is 13.0. The fraction of sp³-hybridized carbons (Fsp3) is 0.438. The Bertz CT molecular complexity index is 534. The molecular formula is C16H21FN2S. The van der Waals surface area contributed by atoms with E-state index in [1.54, 1.807) is 6.07 Å². The van der Waals surface area contributed by atoms with Gasteiger partial charge in [-0.05, 0) is 30.7 Å². The highest BCUT2D eigenvalue weighted by Crippen LogP contribution is 2.24. The van der Waals surface area contributed by atoms with E-state index in [9.17, 15) is 4.39 Å². The normalized spacial score (nSPS) is 12.8. The number of rotatable bonds is 6. The summed E-state index contributed by atoms with van der Waals surface area (Å²) in [6.45, 7) is 6.39. The predicted octanol–water partition coefficient (Wildman–Crippen LogP) is 4.13. The van der Waals surface area contributed by atoms with E-state index in [2.05, 4.69) is 43.2 Å². The number of hydrogen-bond donors (Lipinski definition) is 1. The summed E-state index contributed by atoms with van der Waals surface area (Å²) in [6, 6.07) is 8.09. The van der Waals surface area contributed by atoms with Crippen LogP contribution in [0.4, 0.5) is 4.39 Å². The van der Waals surface area contributed by atoms with Gasteiger partial charge < -0.3 is 5.32 Å². The Hall–Kier alpha value is -1.26. The highest BCUT2D eigenvalue weighted by Gasteiger charge is 2.16. The van der Waals surface area contributed by atoms with Crippen molar-refractivity contribution < 1.29 is 4.39 Å². The molecule has 0 aromatic carbocycles. The molecule has 2 heterocycles. The Morgan fingerprint density at radius 2 is 1.95 bits per heavy atom. The van der Waals surface area contributed by atoms with Gasteiger partial charge in [-0.2, -0.15) is 0 Å². The van der Waals surface area contributed by atoms with Crippen LogP contribution in [-0.4, -0.2) is 11.0 Å². The molecule has 2 aromatic rings. The lowest BCUT2D eigenvalue weighted by Gasteiger charge is -2.20. The van der Waals surface area contributed by atoms with Gasteiger partial charge in [0.2, 0.25) is 0 Å². The van der Waals surface area contributed by atoms with E-state index in [1.807, 2.05) is 11.3 Å². The zero-order valence-electron chi connectivity index (χ0n) is 12.2. The molecule has 0 fully saturated rings. The molecule has 1 N–H and O–H groups in total. The van der Waals surface area contributed by atoms with E-state index in [0.29, 0.717) is 6.04 Å². The summed E-state index contributed by atoms with van der Waals surface area (Å²) >= 11 is 1.84. The quantitative estimate of drug-likeness (QED) is 0.866. The average molecular weight is 292 g/mol. The predicted molar refractivity (Wildman–Crippen MR) is 82.6 cm³/mol. The number of hydrogen-bond acceptors (Lipinski definition) is 3. The van der Waals surface area contributed by atoms with Crippen LogP contribution in [0.3, 0.4) is 0 Å². The van der Waals surface area contributed by atoms with E-state index in [1.165, 1.54) is 22.0 Å². The number of aryl methyl sites for hydroxylation is 1. The maximum atomic E-state index is 13.0. The van der Waals surface area contributed by atoms with Gasteiger partial charge in [0, 0.05) is 22.2 Å². The molecule has 0 saturated heterocycles. The van der Waals surface area contributed by atoms with Crippen LogP contribution in [0.15, 0.2) is 30.5 Å². The topological polar surface area (TPSA) is 24.9 Å². The largest absolute Gasteiger partial charge is 0.306 e. The van der Waals surface area contributed by atoms with Gasteiger partial charge in [-0.15, -0.1) is 11.3 Å². The number of pyridine rings is 1. The second-order valence-corrected chi connectivity index (χ2v) is 6.45. The van der Waals surface area contributed by atoms with Gasteiger partial charge in [-0.3, -0.25) is 4.98 Å². The Balaban J connectivity index is 2.16. The minimum absolute atomic E-state index is 0.124. The van der Waals surface area contributed by atoms with E-state index < -0.39 is 0 Å². The van der Waals surface area contributed by atoms with E-state index in [-0.39, 0.29) is 11.9 Å². The molecule has 0 aliphatic rings. The minimum Gasteiger partial charge on any atom is -0.306 e. The van der Waals surface area contributed by atoms with Crippen LogP contribution in [0.5, 0.6) is 0 Å². The Labute approximate surface area is 124 Å². The van der Waals surface area contributed by atoms with Gasteiger partial charge in [0.15, 0.2) is 0 Å². The van der Waals surface area contributed by atoms with Crippen molar-refractivity contribution >= 4 is 11.3 Å². The second-order valence-electron chi connectivity index (χ2n) is 5.20. The Morgan fingerprint density at radius 3 is 2.50 bits per heavy atom. The molecule has 0 aliphatic heterocycles. The fourth-order valence-corrected chi connectivity index (χ4v) is 3.17. The zero-order valence-corrected chi connectivity index (χ0v) is 13.0. The van der Waals surface area contributed by atoms with Crippen molar-refractivity contribution in [2.75, 3.05) is 0 Å². The maximum Gasteiger partial charge on any atom is 0.141 e. The van der Waals surface area contributed by atoms with Crippen LogP contribution in [0, 0.1) is 5.82 Å². The molecule has 1 unspecified atom stereocenters. The van der Waals surface area contributed by atoms with Crippen molar-refractivity contribution in [3.05, 3.63) is 51.7 Å². The first-order valence-corrected chi connectivity index (χ1v) is 7.85. The molecule has 0 radical (unpaired) electrons. The minimum atomic E-state index is -0.290. The number of thiophene rings is 1. The molecule has 0 spiro atoms. The average Bonchev–Trinajstić information content (AvgIpc) is 2.86. The summed E-state index contributed by atoms with van der Waals surface area (Å²) in [5, 5.41) is 3.51. The SMILES string of the molecule is CCc1ccc(CC(NC(C)C)c2ccc(F)cn2)s1. The van der Waals surface area contributed by atoms with Gasteiger partial charge in [0.1, 0.15) is 5.82 Å². The molecule has 0 saturated carbocycles. The van der Waals surface area contributed by atoms with Gasteiger partial charge >= 0.3 is 0 Å². The molecule has 0 bridgehead atoms. The second kappa shape index (κ2) is 6.95. The van der Waals surface area contributed by atoms with Gasteiger partial charge in [-0.1, -0.05) is 20.8 Å². The van der Waals surface area contributed by atoms with Gasteiger partial charge in [0.25, 0.3) is 0 Å². The van der Waals surface area contributed by atoms with Crippen molar-refractivity contribution in [2.45, 2.75) is 45.7 Å². The molecular weight excluding hydrogens is 271 g/mol. The smallest absolute Gasteiger partial charge is 0.141 e. The number of nitrogens with zero attached hydrogens (tertiary/aromatic N) is 1. The van der Waals surface area contributed by atoms with Crippen molar-refractivity contribution in [1.29, 1.82) is 0 Å². The van der Waals surface area contributed by atoms with Crippen LogP contribution < -0.4 is 5.32 Å². The summed E-state index contributed by atoms with van der Waals surface area (Å²) < 4.78 is 13.0. The summed E-state index contributed by atoms with van der Waals surface area (Å²) in [5.74, 6) is -0.290. The van der Waals surface area contributed by atoms with E-state index in [4.69, 9.17) is 0 Å². The molecule has 108 valence electrons. The van der Waals surface area contributed by atoms with Crippen LogP contribution in [0.25, 0.3) is 0 Å². The van der Waals surface area contributed by atoms with Crippen molar-refractivity contribution in [3.8, 4) is 0 Å². The lowest BCUT2D eigenvalue weighted by molar-refractivity contribution is 0.466. The Morgan fingerprint density at radius 1 is 1.20 bits per heavy atom. The monoisotopic (exact) mass is 292 g/mol. The van der Waals surface area contributed by atoms with Crippen LogP contribution in [-0.2, 0) is 12.8 Å². The third-order valence-electron chi connectivity index (χ3n) is 3.11. The first-order valence-electron chi connectivity index (χ1n) is 7.03. The van der Waals surface area contributed by atoms with Crippen molar-refractivity contribution in [2.24, 2.45) is 0 Å². The summed E-state index contributed by atoms with van der Waals surface area (Å²) in [5.41, 5.74) is 0.895. The first kappa shape index (κ1) is 15.1. The standard InChI is InChI=1S/C16H21FN2S/c1-4-13-6-7-14(20-13)9-16(19-11(2)3)15-8-5-12(17)10-18-15/h5-8,10-11,16,19H,4,9H2,1-3H3. The van der Waals surface area contributed by atoms with Gasteiger partial charge in [0.05, 0.1) is 17.9 Å². The molecule has 0 amide bonds. The highest BCUT2D eigenvalue weighted by molar-refractivity contribution is 7.11. The third-order valence-corrected chi connectivity index (χ3v) is 4.36. The van der Waals surface area contributed by atoms with Crippen LogP contribution in [0.2, 0.25) is 0 Å². The fourth-order valence-electron chi connectivity index (χ4n) is 2.17. The summed E-state index contributed by atoms with van der Waals surface area (Å²) in [6.07, 6.45) is 3.25. The summed E-state index contributed by atoms with van der Waals surface area (Å²) in [7, 11) is 0. The first-order chi connectivity index (χ1) is 9.58. The van der Waals surface area contributed by atoms with Crippen LogP contribution in [0.1, 0.15) is 42.3 Å². The Kier molecular flexibility index (Phi) is 5.26. The van der Waals surface area contributed by atoms with E-state index >= 15 is 0 Å². The lowest BCUT2D eigenvalue weighted by Crippen LogP contribution is -2.30.